The van der Waals surface area contributed by atoms with E-state index in [4.69, 9.17) is 14.2 Å². The number of amides is 1. The Morgan fingerprint density at radius 2 is 1.69 bits per heavy atom. The van der Waals surface area contributed by atoms with E-state index in [1.54, 1.807) is 31.5 Å². The number of hydrazone groups is 1. The molecule has 0 aliphatic carbocycles. The van der Waals surface area contributed by atoms with Gasteiger partial charge in [0.2, 0.25) is 0 Å². The van der Waals surface area contributed by atoms with E-state index in [0.717, 1.165) is 38.7 Å². The number of benzene rings is 3. The number of carbonyl (C=O) groups excluding carboxylic acids is 1. The summed E-state index contributed by atoms with van der Waals surface area (Å²) < 4.78 is 18.8. The van der Waals surface area contributed by atoms with Gasteiger partial charge in [0.25, 0.3) is 5.91 Å². The lowest BCUT2D eigenvalue weighted by Crippen LogP contribution is -2.17. The average molecular weight is 618 g/mol. The number of ether oxygens (including phenoxy) is 3. The van der Waals surface area contributed by atoms with Gasteiger partial charge in [0.05, 0.1) is 28.9 Å². The molecule has 0 heterocycles. The summed E-state index contributed by atoms with van der Waals surface area (Å²) in [6, 6.07) is 18.6. The number of halogens is 2. The Balaban J connectivity index is 1.57. The third kappa shape index (κ3) is 8.38. The van der Waals surface area contributed by atoms with Crippen molar-refractivity contribution in [3.8, 4) is 17.2 Å². The lowest BCUT2D eigenvalue weighted by molar-refractivity contribution is 0.0954. The van der Waals surface area contributed by atoms with Gasteiger partial charge in [-0.3, -0.25) is 4.79 Å². The van der Waals surface area contributed by atoms with E-state index < -0.39 is 0 Å². The van der Waals surface area contributed by atoms with Gasteiger partial charge in [-0.05, 0) is 79.7 Å². The summed E-state index contributed by atoms with van der Waals surface area (Å²) >= 11 is 7.12. The second kappa shape index (κ2) is 14.7. The van der Waals surface area contributed by atoms with Crippen molar-refractivity contribution in [2.45, 2.75) is 39.2 Å². The fraction of sp³-hybridized carbons (Fsp3) is 0.286. The molecule has 0 unspecified atom stereocenters. The number of hydrogen-bond donors (Lipinski definition) is 1. The molecule has 0 radical (unpaired) electrons. The van der Waals surface area contributed by atoms with Crippen LogP contribution in [0.15, 0.2) is 74.7 Å². The van der Waals surface area contributed by atoms with Gasteiger partial charge in [0, 0.05) is 5.56 Å². The molecule has 1 amide bonds. The van der Waals surface area contributed by atoms with Gasteiger partial charge < -0.3 is 14.2 Å². The molecule has 1 N–H and O–H groups in total. The fourth-order valence-electron chi connectivity index (χ4n) is 3.39. The zero-order valence-electron chi connectivity index (χ0n) is 20.4. The maximum Gasteiger partial charge on any atom is 0.271 e. The van der Waals surface area contributed by atoms with E-state index in [1.165, 1.54) is 12.8 Å². The van der Waals surface area contributed by atoms with Gasteiger partial charge in [-0.15, -0.1) is 0 Å². The molecule has 0 aromatic heterocycles. The van der Waals surface area contributed by atoms with Crippen LogP contribution in [-0.2, 0) is 6.61 Å². The number of methoxy groups -OCH3 is 1. The van der Waals surface area contributed by atoms with Crippen LogP contribution >= 0.6 is 31.9 Å². The summed E-state index contributed by atoms with van der Waals surface area (Å²) in [7, 11) is 1.54. The van der Waals surface area contributed by atoms with Crippen LogP contribution in [0.4, 0.5) is 0 Å². The maximum atomic E-state index is 12.6. The highest BCUT2D eigenvalue weighted by Crippen LogP contribution is 2.34. The molecular weight excluding hydrogens is 588 g/mol. The van der Waals surface area contributed by atoms with E-state index in [-0.39, 0.29) is 5.91 Å². The molecule has 0 aliphatic heterocycles. The summed E-state index contributed by atoms with van der Waals surface area (Å²) in [5.41, 5.74) is 4.81. The quantitative estimate of drug-likeness (QED) is 0.122. The highest BCUT2D eigenvalue weighted by molar-refractivity contribution is 9.11. The average Bonchev–Trinajstić information content (AvgIpc) is 2.89. The van der Waals surface area contributed by atoms with Crippen molar-refractivity contribution in [2.24, 2.45) is 5.10 Å². The molecule has 3 aromatic rings. The Morgan fingerprint density at radius 3 is 2.39 bits per heavy atom. The van der Waals surface area contributed by atoms with E-state index in [9.17, 15) is 4.79 Å². The number of nitrogens with one attached hydrogen (secondary N) is 1. The smallest absolute Gasteiger partial charge is 0.271 e. The summed E-state index contributed by atoms with van der Waals surface area (Å²) in [5, 5.41) is 4.10. The van der Waals surface area contributed by atoms with E-state index in [0.29, 0.717) is 30.3 Å². The van der Waals surface area contributed by atoms with Gasteiger partial charge in [0.15, 0.2) is 11.5 Å². The van der Waals surface area contributed by atoms with Crippen LogP contribution < -0.4 is 19.6 Å². The van der Waals surface area contributed by atoms with E-state index >= 15 is 0 Å². The second-order valence-corrected chi connectivity index (χ2v) is 9.77. The fourth-order valence-corrected chi connectivity index (χ4v) is 4.84. The first-order valence-electron chi connectivity index (χ1n) is 11.8. The Morgan fingerprint density at radius 1 is 0.944 bits per heavy atom. The Hall–Kier alpha value is -2.84. The molecule has 0 atom stereocenters. The van der Waals surface area contributed by atoms with Crippen LogP contribution in [0.1, 0.15) is 54.1 Å². The van der Waals surface area contributed by atoms with Crippen molar-refractivity contribution >= 4 is 44.0 Å². The monoisotopic (exact) mass is 616 g/mol. The molecule has 0 bridgehead atoms. The van der Waals surface area contributed by atoms with Crippen LogP contribution in [0.5, 0.6) is 17.2 Å². The topological polar surface area (TPSA) is 69.2 Å². The first kappa shape index (κ1) is 27.7. The summed E-state index contributed by atoms with van der Waals surface area (Å²) in [6.45, 7) is 3.26. The number of nitrogens with zero attached hydrogens (tertiary/aromatic N) is 1. The molecule has 3 rings (SSSR count). The molecule has 0 saturated carbocycles. The molecule has 0 fully saturated rings. The van der Waals surface area contributed by atoms with Gasteiger partial charge >= 0.3 is 0 Å². The predicted octanol–water partition coefficient (Wildman–Crippen LogP) is 7.52. The molecule has 36 heavy (non-hydrogen) atoms. The number of rotatable bonds is 13. The number of carbonyl (C=O) groups is 1. The molecular formula is C28H30Br2N2O4. The third-order valence-electron chi connectivity index (χ3n) is 5.31. The van der Waals surface area contributed by atoms with Crippen molar-refractivity contribution in [1.29, 1.82) is 0 Å². The minimum Gasteiger partial charge on any atom is -0.493 e. The highest BCUT2D eigenvalue weighted by Gasteiger charge is 2.12. The first-order chi connectivity index (χ1) is 17.5. The van der Waals surface area contributed by atoms with Crippen LogP contribution in [0, 0.1) is 0 Å². The van der Waals surface area contributed by atoms with Crippen LogP contribution in [0.25, 0.3) is 0 Å². The minimum atomic E-state index is -0.357. The van der Waals surface area contributed by atoms with Gasteiger partial charge in [0.1, 0.15) is 12.4 Å². The Bertz CT molecular complexity index is 1150. The number of hydrogen-bond acceptors (Lipinski definition) is 5. The Labute approximate surface area is 229 Å². The molecule has 8 heteroatoms. The Kier molecular flexibility index (Phi) is 11.3. The normalized spacial score (nSPS) is 10.9. The van der Waals surface area contributed by atoms with Crippen molar-refractivity contribution in [1.82, 2.24) is 5.43 Å². The molecule has 0 aliphatic rings. The van der Waals surface area contributed by atoms with Crippen molar-refractivity contribution in [2.75, 3.05) is 13.7 Å². The lowest BCUT2D eigenvalue weighted by atomic mass is 10.2. The van der Waals surface area contributed by atoms with Gasteiger partial charge in [-0.25, -0.2) is 5.43 Å². The van der Waals surface area contributed by atoms with E-state index in [1.807, 2.05) is 42.5 Å². The van der Waals surface area contributed by atoms with Crippen LogP contribution in [0.3, 0.4) is 0 Å². The highest BCUT2D eigenvalue weighted by atomic mass is 79.9. The van der Waals surface area contributed by atoms with Crippen LogP contribution in [-0.4, -0.2) is 25.8 Å². The number of unbranched alkanes of at least 4 members (excludes halogenated alkanes) is 3. The van der Waals surface area contributed by atoms with Crippen molar-refractivity contribution in [3.63, 3.8) is 0 Å². The predicted molar refractivity (Wildman–Crippen MR) is 150 cm³/mol. The molecule has 3 aromatic carbocycles. The SMILES string of the molecule is CCCCCCOc1c(Br)cc(/C=N/NC(=O)c2ccc(OCc3ccccc3)c(OC)c2)cc1Br. The largest absolute Gasteiger partial charge is 0.493 e. The maximum absolute atomic E-state index is 12.6. The molecule has 190 valence electrons. The van der Waals surface area contributed by atoms with Crippen molar-refractivity contribution < 1.29 is 19.0 Å². The standard InChI is InChI=1S/C28H30Br2N2O4/c1-3-4-5-9-14-35-27-23(29)15-21(16-24(27)30)18-31-32-28(33)22-12-13-25(26(17-22)34-2)36-19-20-10-7-6-8-11-20/h6-8,10-13,15-18H,3-5,9,14,19H2,1-2H3,(H,32,33)/b31-18+. The van der Waals surface area contributed by atoms with Crippen molar-refractivity contribution in [3.05, 3.63) is 86.3 Å². The molecule has 6 nitrogen and oxygen atoms in total. The minimum absolute atomic E-state index is 0.357. The van der Waals surface area contributed by atoms with Gasteiger partial charge in [-0.2, -0.15) is 5.10 Å². The molecule has 0 saturated heterocycles. The summed E-state index contributed by atoms with van der Waals surface area (Å²) in [5.74, 6) is 1.43. The first-order valence-corrected chi connectivity index (χ1v) is 13.4. The second-order valence-electron chi connectivity index (χ2n) is 8.06. The lowest BCUT2D eigenvalue weighted by Gasteiger charge is -2.12. The van der Waals surface area contributed by atoms with E-state index in [2.05, 4.69) is 49.3 Å². The summed E-state index contributed by atoms with van der Waals surface area (Å²) in [4.78, 5) is 12.6. The zero-order chi connectivity index (χ0) is 25.8. The third-order valence-corrected chi connectivity index (χ3v) is 6.49. The molecule has 0 spiro atoms. The zero-order valence-corrected chi connectivity index (χ0v) is 23.6. The van der Waals surface area contributed by atoms with Crippen LogP contribution in [0.2, 0.25) is 0 Å². The summed E-state index contributed by atoms with van der Waals surface area (Å²) in [6.07, 6.45) is 6.16. The van der Waals surface area contributed by atoms with Gasteiger partial charge in [-0.1, -0.05) is 56.5 Å².